The number of pyridine rings is 1. The summed E-state index contributed by atoms with van der Waals surface area (Å²) < 4.78 is 15.1. The lowest BCUT2D eigenvalue weighted by molar-refractivity contribution is -0.133. The first-order valence-corrected chi connectivity index (χ1v) is 10.1. The molecule has 1 fully saturated rings. The highest BCUT2D eigenvalue weighted by Crippen LogP contribution is 2.33. The molecular weight excluding hydrogens is 381 g/mol. The minimum Gasteiger partial charge on any atom is -0.334 e. The average molecular weight is 403 g/mol. The molecule has 0 radical (unpaired) electrons. The molecule has 2 aromatic heterocycles. The fourth-order valence-electron chi connectivity index (χ4n) is 4.11. The summed E-state index contributed by atoms with van der Waals surface area (Å²) >= 11 is 0. The lowest BCUT2D eigenvalue weighted by Crippen LogP contribution is -2.31. The summed E-state index contributed by atoms with van der Waals surface area (Å²) in [5.74, 6) is -0.0665. The SMILES string of the molecule is Cc1cc(C)c2c(c1)cc(CN(Cc1ccc(F)cc1)C(=O)C1CC1)c1nnnn12. The van der Waals surface area contributed by atoms with Crippen LogP contribution in [0.5, 0.6) is 0 Å². The van der Waals surface area contributed by atoms with E-state index in [2.05, 4.69) is 40.6 Å². The van der Waals surface area contributed by atoms with Crippen LogP contribution < -0.4 is 0 Å². The summed E-state index contributed by atoms with van der Waals surface area (Å²) in [7, 11) is 0. The fraction of sp³-hybridized carbons (Fsp3) is 0.304. The highest BCUT2D eigenvalue weighted by atomic mass is 19.1. The summed E-state index contributed by atoms with van der Waals surface area (Å²) in [5, 5.41) is 13.4. The number of nitrogens with zero attached hydrogens (tertiary/aromatic N) is 5. The number of carbonyl (C=O) groups is 1. The number of hydrogen-bond acceptors (Lipinski definition) is 4. The number of carbonyl (C=O) groups excluding carboxylic acids is 1. The molecule has 7 heteroatoms. The molecule has 1 aliphatic carbocycles. The van der Waals surface area contributed by atoms with E-state index < -0.39 is 0 Å². The summed E-state index contributed by atoms with van der Waals surface area (Å²) in [5.41, 5.74) is 5.69. The van der Waals surface area contributed by atoms with Gasteiger partial charge in [-0.1, -0.05) is 23.8 Å². The normalized spacial score (nSPS) is 13.8. The standard InChI is InChI=1S/C23H22FN5O/c1-14-9-15(2)21-18(10-14)11-19(22-25-26-27-29(21)22)13-28(23(30)17-5-6-17)12-16-3-7-20(24)8-4-16/h3-4,7-11,17H,5-6,12-13H2,1-2H3. The van der Waals surface area contributed by atoms with Crippen molar-refractivity contribution in [1.82, 2.24) is 24.9 Å². The second-order valence-electron chi connectivity index (χ2n) is 8.20. The van der Waals surface area contributed by atoms with E-state index >= 15 is 0 Å². The lowest BCUT2D eigenvalue weighted by atomic mass is 10.0. The summed E-state index contributed by atoms with van der Waals surface area (Å²) in [6, 6.07) is 12.6. The average Bonchev–Trinajstić information content (AvgIpc) is 3.44. The molecule has 0 spiro atoms. The molecule has 5 rings (SSSR count). The molecule has 4 aromatic rings. The number of benzene rings is 2. The van der Waals surface area contributed by atoms with Gasteiger partial charge in [0, 0.05) is 30.0 Å². The van der Waals surface area contributed by atoms with Crippen LogP contribution in [0.25, 0.3) is 16.6 Å². The molecule has 152 valence electrons. The predicted molar refractivity (Wildman–Crippen MR) is 111 cm³/mol. The number of rotatable bonds is 5. The van der Waals surface area contributed by atoms with E-state index in [1.54, 1.807) is 16.6 Å². The third-order valence-electron chi connectivity index (χ3n) is 5.66. The maximum atomic E-state index is 13.3. The van der Waals surface area contributed by atoms with Crippen LogP contribution in [-0.2, 0) is 17.9 Å². The van der Waals surface area contributed by atoms with Crippen molar-refractivity contribution in [2.75, 3.05) is 0 Å². The Hall–Kier alpha value is -3.35. The van der Waals surface area contributed by atoms with Crippen LogP contribution in [-0.4, -0.2) is 30.8 Å². The van der Waals surface area contributed by atoms with Crippen LogP contribution in [0.4, 0.5) is 4.39 Å². The van der Waals surface area contributed by atoms with Gasteiger partial charge in [-0.25, -0.2) is 4.39 Å². The van der Waals surface area contributed by atoms with E-state index in [-0.39, 0.29) is 17.6 Å². The number of aromatic nitrogens is 4. The van der Waals surface area contributed by atoms with Gasteiger partial charge in [-0.05, 0) is 72.5 Å². The second kappa shape index (κ2) is 7.16. The molecular formula is C23H22FN5O. The van der Waals surface area contributed by atoms with Crippen molar-refractivity contribution < 1.29 is 9.18 Å². The van der Waals surface area contributed by atoms with Crippen LogP contribution in [0.3, 0.4) is 0 Å². The van der Waals surface area contributed by atoms with Gasteiger partial charge in [0.1, 0.15) is 5.82 Å². The minimum absolute atomic E-state index is 0.0856. The van der Waals surface area contributed by atoms with Crippen LogP contribution >= 0.6 is 0 Å². The molecule has 1 saturated carbocycles. The van der Waals surface area contributed by atoms with Gasteiger partial charge in [-0.3, -0.25) is 4.79 Å². The van der Waals surface area contributed by atoms with Gasteiger partial charge < -0.3 is 4.90 Å². The summed E-state index contributed by atoms with van der Waals surface area (Å²) in [4.78, 5) is 14.9. The number of aryl methyl sites for hydroxylation is 2. The molecule has 0 aliphatic heterocycles. The van der Waals surface area contributed by atoms with Crippen LogP contribution in [0.15, 0.2) is 42.5 Å². The zero-order valence-electron chi connectivity index (χ0n) is 17.0. The van der Waals surface area contributed by atoms with Gasteiger partial charge in [0.2, 0.25) is 5.91 Å². The first-order chi connectivity index (χ1) is 14.5. The van der Waals surface area contributed by atoms with E-state index in [9.17, 15) is 9.18 Å². The predicted octanol–water partition coefficient (Wildman–Crippen LogP) is 3.97. The lowest BCUT2D eigenvalue weighted by Gasteiger charge is -2.23. The topological polar surface area (TPSA) is 63.4 Å². The molecule has 6 nitrogen and oxygen atoms in total. The van der Waals surface area contributed by atoms with E-state index in [4.69, 9.17) is 0 Å². The Labute approximate surface area is 173 Å². The molecule has 2 aromatic carbocycles. The van der Waals surface area contributed by atoms with E-state index in [1.165, 1.54) is 12.1 Å². The maximum absolute atomic E-state index is 13.3. The van der Waals surface area contributed by atoms with Crippen LogP contribution in [0, 0.1) is 25.6 Å². The van der Waals surface area contributed by atoms with E-state index in [0.29, 0.717) is 18.7 Å². The number of halogens is 1. The number of amides is 1. The molecule has 0 unspecified atom stereocenters. The number of hydrogen-bond donors (Lipinski definition) is 0. The molecule has 0 N–H and O–H groups in total. The molecule has 1 aliphatic rings. The van der Waals surface area contributed by atoms with Gasteiger partial charge in [-0.2, -0.15) is 4.52 Å². The van der Waals surface area contributed by atoms with Gasteiger partial charge in [0.05, 0.1) is 5.52 Å². The Morgan fingerprint density at radius 3 is 2.63 bits per heavy atom. The Morgan fingerprint density at radius 2 is 1.90 bits per heavy atom. The Morgan fingerprint density at radius 1 is 1.13 bits per heavy atom. The van der Waals surface area contributed by atoms with Gasteiger partial charge in [0.25, 0.3) is 0 Å². The second-order valence-corrected chi connectivity index (χ2v) is 8.20. The van der Waals surface area contributed by atoms with E-state index in [0.717, 1.165) is 46.0 Å². The van der Waals surface area contributed by atoms with Gasteiger partial charge >= 0.3 is 0 Å². The number of tetrazole rings is 1. The Balaban J connectivity index is 1.57. The molecule has 30 heavy (non-hydrogen) atoms. The highest BCUT2D eigenvalue weighted by Gasteiger charge is 2.34. The van der Waals surface area contributed by atoms with Gasteiger partial charge in [-0.15, -0.1) is 5.10 Å². The van der Waals surface area contributed by atoms with Crippen molar-refractivity contribution >= 4 is 22.5 Å². The third-order valence-corrected chi connectivity index (χ3v) is 5.66. The van der Waals surface area contributed by atoms with Gasteiger partial charge in [0.15, 0.2) is 5.65 Å². The van der Waals surface area contributed by atoms with Crippen LogP contribution in [0.2, 0.25) is 0 Å². The quantitative estimate of drug-likeness (QED) is 0.506. The third kappa shape index (κ3) is 3.40. The molecule has 0 saturated heterocycles. The van der Waals surface area contributed by atoms with Crippen molar-refractivity contribution in [3.63, 3.8) is 0 Å². The summed E-state index contributed by atoms with van der Waals surface area (Å²) in [6.07, 6.45) is 1.85. The first-order valence-electron chi connectivity index (χ1n) is 10.1. The zero-order valence-corrected chi connectivity index (χ0v) is 17.0. The van der Waals surface area contributed by atoms with Crippen molar-refractivity contribution in [2.24, 2.45) is 5.92 Å². The van der Waals surface area contributed by atoms with Crippen molar-refractivity contribution in [3.05, 3.63) is 70.5 Å². The zero-order chi connectivity index (χ0) is 20.8. The Kier molecular flexibility index (Phi) is 4.46. The highest BCUT2D eigenvalue weighted by molar-refractivity contribution is 5.87. The molecule has 0 bridgehead atoms. The first kappa shape index (κ1) is 18.7. The maximum Gasteiger partial charge on any atom is 0.226 e. The molecule has 2 heterocycles. The molecule has 1 amide bonds. The van der Waals surface area contributed by atoms with Crippen LogP contribution in [0.1, 0.15) is 35.1 Å². The Bertz CT molecular complexity index is 1260. The minimum atomic E-state index is -0.282. The monoisotopic (exact) mass is 403 g/mol. The largest absolute Gasteiger partial charge is 0.334 e. The smallest absolute Gasteiger partial charge is 0.226 e. The van der Waals surface area contributed by atoms with Crippen molar-refractivity contribution in [2.45, 2.75) is 39.8 Å². The number of fused-ring (bicyclic) bond motifs is 3. The van der Waals surface area contributed by atoms with E-state index in [1.807, 2.05) is 11.8 Å². The van der Waals surface area contributed by atoms with Crippen molar-refractivity contribution in [1.29, 1.82) is 0 Å². The summed E-state index contributed by atoms with van der Waals surface area (Å²) in [6.45, 7) is 4.94. The van der Waals surface area contributed by atoms with Crippen molar-refractivity contribution in [3.8, 4) is 0 Å². The fourth-order valence-corrected chi connectivity index (χ4v) is 4.11. The molecule has 0 atom stereocenters.